The molecule has 1 saturated heterocycles. The van der Waals surface area contributed by atoms with Gasteiger partial charge in [0.2, 0.25) is 6.29 Å². The first kappa shape index (κ1) is 17.6. The average molecular weight is 352 g/mol. The van der Waals surface area contributed by atoms with Crippen LogP contribution in [0.4, 0.5) is 0 Å². The smallest absolute Gasteiger partial charge is 0.229 e. The molecule has 0 spiro atoms. The number of aliphatic hydroxyl groups excluding tert-OH is 4. The number of hydrogen-bond donors (Lipinski definition) is 5. The molecule has 0 amide bonds. The molecule has 0 unspecified atom stereocenters. The Morgan fingerprint density at radius 1 is 1.24 bits per heavy atom. The van der Waals surface area contributed by atoms with E-state index in [4.69, 9.17) is 14.6 Å². The number of carbonyl (C=O) groups is 1. The molecule has 1 aliphatic rings. The van der Waals surface area contributed by atoms with Gasteiger partial charge >= 0.3 is 0 Å². The third-order valence-corrected chi connectivity index (χ3v) is 4.17. The number of rotatable bonds is 5. The number of benzene rings is 1. The Morgan fingerprint density at radius 3 is 2.68 bits per heavy atom. The van der Waals surface area contributed by atoms with Crippen molar-refractivity contribution in [1.29, 1.82) is 0 Å². The number of carboxylic acids is 1. The molecule has 2 heterocycles. The molecular weight excluding hydrogens is 334 g/mol. The van der Waals surface area contributed by atoms with E-state index in [1.165, 1.54) is 0 Å². The Bertz CT molecular complexity index is 760. The van der Waals surface area contributed by atoms with Gasteiger partial charge < -0.3 is 44.8 Å². The molecule has 5 N–H and O–H groups in total. The lowest BCUT2D eigenvalue weighted by atomic mass is 9.99. The highest BCUT2D eigenvalue weighted by Crippen LogP contribution is 2.28. The molecule has 0 bridgehead atoms. The first-order valence-corrected chi connectivity index (χ1v) is 7.70. The maximum absolute atomic E-state index is 11.0. The molecule has 3 rings (SSSR count). The number of H-pyrrole nitrogens is 1. The van der Waals surface area contributed by atoms with E-state index in [9.17, 15) is 25.2 Å². The number of aliphatic carboxylic acids is 1. The molecule has 9 nitrogen and oxygen atoms in total. The summed E-state index contributed by atoms with van der Waals surface area (Å²) in [5.41, 5.74) is 1.67. The zero-order valence-corrected chi connectivity index (χ0v) is 13.0. The minimum atomic E-state index is -1.83. The summed E-state index contributed by atoms with van der Waals surface area (Å²) in [4.78, 5) is 14.0. The second-order valence-corrected chi connectivity index (χ2v) is 5.83. The van der Waals surface area contributed by atoms with Crippen molar-refractivity contribution in [3.8, 4) is 5.75 Å². The van der Waals surface area contributed by atoms with Gasteiger partial charge in [-0.2, -0.15) is 0 Å². The van der Waals surface area contributed by atoms with Gasteiger partial charge in [-0.1, -0.05) is 0 Å². The maximum atomic E-state index is 11.0. The monoisotopic (exact) mass is 352 g/mol. The lowest BCUT2D eigenvalue weighted by molar-refractivity contribution is -0.342. The number of fused-ring (bicyclic) bond motifs is 1. The van der Waals surface area contributed by atoms with Crippen LogP contribution in [0.3, 0.4) is 0 Å². The topological polar surface area (TPSA) is 155 Å². The van der Waals surface area contributed by atoms with Crippen LogP contribution in [0.15, 0.2) is 24.4 Å². The van der Waals surface area contributed by atoms with E-state index >= 15 is 0 Å². The summed E-state index contributed by atoms with van der Waals surface area (Å²) in [5, 5.41) is 50.3. The zero-order chi connectivity index (χ0) is 18.1. The van der Waals surface area contributed by atoms with E-state index in [0.717, 1.165) is 16.5 Å². The summed E-state index contributed by atoms with van der Waals surface area (Å²) < 4.78 is 10.5. The molecule has 1 aliphatic heterocycles. The Balaban J connectivity index is 1.84. The van der Waals surface area contributed by atoms with Gasteiger partial charge in [0.1, 0.15) is 30.2 Å². The molecule has 1 aromatic heterocycles. The third kappa shape index (κ3) is 3.32. The minimum Gasteiger partial charge on any atom is -0.547 e. The normalized spacial score (nSPS) is 29.7. The lowest BCUT2D eigenvalue weighted by Gasteiger charge is -2.40. The summed E-state index contributed by atoms with van der Waals surface area (Å²) in [5.74, 6) is -1.46. The van der Waals surface area contributed by atoms with Gasteiger partial charge in [-0.15, -0.1) is 0 Å². The van der Waals surface area contributed by atoms with Crippen molar-refractivity contribution in [3.05, 3.63) is 30.0 Å². The fraction of sp³-hybridized carbons (Fsp3) is 0.438. The molecule has 1 fully saturated rings. The number of aliphatic hydroxyl groups is 4. The van der Waals surface area contributed by atoms with Crippen LogP contribution in [0.1, 0.15) is 5.56 Å². The van der Waals surface area contributed by atoms with E-state index in [-0.39, 0.29) is 12.4 Å². The van der Waals surface area contributed by atoms with Crippen molar-refractivity contribution in [3.63, 3.8) is 0 Å². The number of carboxylic acid groups (broad SMARTS) is 1. The fourth-order valence-electron chi connectivity index (χ4n) is 2.83. The summed E-state index contributed by atoms with van der Waals surface area (Å²) in [6.45, 7) is -0.0279. The quantitative estimate of drug-likeness (QED) is 0.400. The van der Waals surface area contributed by atoms with Gasteiger partial charge in [0.25, 0.3) is 0 Å². The molecule has 0 aliphatic carbocycles. The Hall–Kier alpha value is -2.17. The number of nitrogens with one attached hydrogen (secondary N) is 1. The van der Waals surface area contributed by atoms with Gasteiger partial charge in [-0.25, -0.2) is 0 Å². The SMILES string of the molecule is O=C([O-])[C@H]1O[C@H](Oc2ccc3[nH]cc(CCO)c3c2)[C@H](O)[C@@H](O)[C@@H]1O. The van der Waals surface area contributed by atoms with Crippen LogP contribution in [-0.4, -0.2) is 68.7 Å². The Morgan fingerprint density at radius 2 is 2.00 bits per heavy atom. The van der Waals surface area contributed by atoms with Crippen molar-refractivity contribution in [1.82, 2.24) is 4.98 Å². The van der Waals surface area contributed by atoms with Crippen molar-refractivity contribution < 1.29 is 39.8 Å². The van der Waals surface area contributed by atoms with Gasteiger partial charge in [-0.05, 0) is 30.2 Å². The average Bonchev–Trinajstić information content (AvgIpc) is 2.98. The van der Waals surface area contributed by atoms with Crippen LogP contribution in [-0.2, 0) is 16.0 Å². The summed E-state index contributed by atoms with van der Waals surface area (Å²) in [7, 11) is 0. The highest BCUT2D eigenvalue weighted by molar-refractivity contribution is 5.84. The molecule has 1 aromatic carbocycles. The van der Waals surface area contributed by atoms with E-state index in [2.05, 4.69) is 4.98 Å². The molecule has 2 aromatic rings. The van der Waals surface area contributed by atoms with Crippen molar-refractivity contribution in [2.45, 2.75) is 37.1 Å². The van der Waals surface area contributed by atoms with Crippen LogP contribution >= 0.6 is 0 Å². The van der Waals surface area contributed by atoms with Crippen molar-refractivity contribution >= 4 is 16.9 Å². The van der Waals surface area contributed by atoms with Crippen LogP contribution in [0.25, 0.3) is 10.9 Å². The van der Waals surface area contributed by atoms with E-state index in [1.807, 2.05) is 0 Å². The van der Waals surface area contributed by atoms with Gasteiger partial charge in [0, 0.05) is 23.7 Å². The lowest BCUT2D eigenvalue weighted by Crippen LogP contribution is -2.63. The van der Waals surface area contributed by atoms with Crippen LogP contribution in [0, 0.1) is 0 Å². The van der Waals surface area contributed by atoms with E-state index < -0.39 is 36.7 Å². The first-order valence-electron chi connectivity index (χ1n) is 7.70. The van der Waals surface area contributed by atoms with Crippen molar-refractivity contribution in [2.75, 3.05) is 6.61 Å². The minimum absolute atomic E-state index is 0.0279. The summed E-state index contributed by atoms with van der Waals surface area (Å²) in [6, 6.07) is 4.92. The molecule has 25 heavy (non-hydrogen) atoms. The van der Waals surface area contributed by atoms with Gasteiger partial charge in [0.15, 0.2) is 0 Å². The zero-order valence-electron chi connectivity index (χ0n) is 13.0. The van der Waals surface area contributed by atoms with Crippen molar-refractivity contribution in [2.24, 2.45) is 0 Å². The largest absolute Gasteiger partial charge is 0.547 e. The molecule has 9 heteroatoms. The van der Waals surface area contributed by atoms with Crippen LogP contribution < -0.4 is 9.84 Å². The molecular formula is C16H18NO8-. The predicted molar refractivity (Wildman–Crippen MR) is 81.4 cm³/mol. The maximum Gasteiger partial charge on any atom is 0.229 e. The van der Waals surface area contributed by atoms with E-state index in [1.54, 1.807) is 24.4 Å². The summed E-state index contributed by atoms with van der Waals surface area (Å²) >= 11 is 0. The Labute approximate surface area is 142 Å². The number of ether oxygens (including phenoxy) is 2. The van der Waals surface area contributed by atoms with E-state index in [0.29, 0.717) is 6.42 Å². The molecule has 0 radical (unpaired) electrons. The molecule has 136 valence electrons. The second kappa shape index (κ2) is 6.98. The Kier molecular flexibility index (Phi) is 4.93. The highest BCUT2D eigenvalue weighted by atomic mass is 16.7. The summed E-state index contributed by atoms with van der Waals surface area (Å²) in [6.07, 6.45) is -6.38. The van der Waals surface area contributed by atoms with Crippen LogP contribution in [0.5, 0.6) is 5.75 Å². The highest BCUT2D eigenvalue weighted by Gasteiger charge is 2.45. The first-order chi connectivity index (χ1) is 11.9. The fourth-order valence-corrected chi connectivity index (χ4v) is 2.83. The number of carbonyl (C=O) groups excluding carboxylic acids is 1. The number of hydrogen-bond acceptors (Lipinski definition) is 8. The van der Waals surface area contributed by atoms with Gasteiger partial charge in [-0.3, -0.25) is 0 Å². The third-order valence-electron chi connectivity index (χ3n) is 4.17. The predicted octanol–water partition coefficient (Wildman–Crippen LogP) is -2.36. The number of aromatic nitrogens is 1. The molecule has 0 saturated carbocycles. The van der Waals surface area contributed by atoms with Crippen LogP contribution in [0.2, 0.25) is 0 Å². The van der Waals surface area contributed by atoms with Gasteiger partial charge in [0.05, 0.1) is 5.97 Å². The number of aromatic amines is 1. The standard InChI is InChI=1S/C16H19NO8/c18-4-3-7-6-17-10-2-1-8(5-9(7)10)24-16-13(21)11(19)12(20)14(25-16)15(22)23/h1-2,5-6,11-14,16-21H,3-4H2,(H,22,23)/p-1/t11-,12-,13+,14-,16-/m0/s1. The second-order valence-electron chi connectivity index (χ2n) is 5.83. The molecule has 5 atom stereocenters.